The predicted molar refractivity (Wildman–Crippen MR) is 88.8 cm³/mol. The standard InChI is InChI=1S/C18H16N2O2/c1-11-7-8-13(9-12(11)2)17(21)10-16-18(22)20-15-6-4-3-5-14(15)19-16/h3-10,21H,1-2H3,(H,20,22)/b17-10-. The van der Waals surface area contributed by atoms with Crippen LogP contribution in [0.2, 0.25) is 0 Å². The lowest BCUT2D eigenvalue weighted by Gasteiger charge is -2.05. The van der Waals surface area contributed by atoms with Crippen LogP contribution in [0.15, 0.2) is 47.3 Å². The lowest BCUT2D eigenvalue weighted by Crippen LogP contribution is -2.12. The Morgan fingerprint density at radius 3 is 2.68 bits per heavy atom. The van der Waals surface area contributed by atoms with Crippen LogP contribution in [0.25, 0.3) is 22.9 Å². The number of rotatable bonds is 2. The van der Waals surface area contributed by atoms with Crippen molar-refractivity contribution in [2.75, 3.05) is 0 Å². The summed E-state index contributed by atoms with van der Waals surface area (Å²) in [4.78, 5) is 19.1. The smallest absolute Gasteiger partial charge is 0.274 e. The van der Waals surface area contributed by atoms with Crippen LogP contribution in [-0.4, -0.2) is 15.1 Å². The molecule has 0 saturated carbocycles. The molecule has 0 saturated heterocycles. The molecule has 0 aliphatic rings. The third-order valence-corrected chi connectivity index (χ3v) is 3.70. The van der Waals surface area contributed by atoms with Gasteiger partial charge in [0.25, 0.3) is 5.56 Å². The summed E-state index contributed by atoms with van der Waals surface area (Å²) < 4.78 is 0. The van der Waals surface area contributed by atoms with Crippen molar-refractivity contribution in [3.63, 3.8) is 0 Å². The van der Waals surface area contributed by atoms with E-state index in [1.165, 1.54) is 6.08 Å². The Labute approximate surface area is 127 Å². The van der Waals surface area contributed by atoms with Crippen molar-refractivity contribution in [1.82, 2.24) is 9.97 Å². The van der Waals surface area contributed by atoms with E-state index >= 15 is 0 Å². The number of aromatic amines is 1. The van der Waals surface area contributed by atoms with Crippen molar-refractivity contribution in [1.29, 1.82) is 0 Å². The van der Waals surface area contributed by atoms with Crippen LogP contribution in [-0.2, 0) is 0 Å². The van der Waals surface area contributed by atoms with Crippen molar-refractivity contribution < 1.29 is 5.11 Å². The summed E-state index contributed by atoms with van der Waals surface area (Å²) >= 11 is 0. The zero-order valence-electron chi connectivity index (χ0n) is 12.4. The van der Waals surface area contributed by atoms with E-state index in [-0.39, 0.29) is 17.0 Å². The maximum atomic E-state index is 12.0. The van der Waals surface area contributed by atoms with Crippen LogP contribution in [0, 0.1) is 13.8 Å². The summed E-state index contributed by atoms with van der Waals surface area (Å²) in [6, 6.07) is 12.9. The molecule has 0 atom stereocenters. The monoisotopic (exact) mass is 292 g/mol. The second kappa shape index (κ2) is 5.48. The fourth-order valence-electron chi connectivity index (χ4n) is 2.26. The van der Waals surface area contributed by atoms with Gasteiger partial charge in [0.1, 0.15) is 11.5 Å². The Kier molecular flexibility index (Phi) is 3.51. The molecular weight excluding hydrogens is 276 g/mol. The number of para-hydroxylation sites is 2. The Bertz CT molecular complexity index is 939. The van der Waals surface area contributed by atoms with Gasteiger partial charge in [0.15, 0.2) is 0 Å². The summed E-state index contributed by atoms with van der Waals surface area (Å²) in [7, 11) is 0. The highest BCUT2D eigenvalue weighted by atomic mass is 16.3. The van der Waals surface area contributed by atoms with Gasteiger partial charge >= 0.3 is 0 Å². The van der Waals surface area contributed by atoms with Crippen molar-refractivity contribution in [3.8, 4) is 0 Å². The molecule has 0 radical (unpaired) electrons. The van der Waals surface area contributed by atoms with Gasteiger partial charge in [-0.2, -0.15) is 0 Å². The van der Waals surface area contributed by atoms with Crippen LogP contribution in [0.3, 0.4) is 0 Å². The maximum Gasteiger partial charge on any atom is 0.274 e. The minimum absolute atomic E-state index is 0.0244. The Balaban J connectivity index is 2.08. The summed E-state index contributed by atoms with van der Waals surface area (Å²) in [5.41, 5.74) is 4.12. The molecule has 2 N–H and O–H groups in total. The molecule has 0 fully saturated rings. The molecule has 0 aliphatic heterocycles. The molecule has 4 heteroatoms. The highest BCUT2D eigenvalue weighted by Gasteiger charge is 2.06. The number of aryl methyl sites for hydroxylation is 2. The van der Waals surface area contributed by atoms with Gasteiger partial charge in [-0.1, -0.05) is 24.3 Å². The Morgan fingerprint density at radius 2 is 1.91 bits per heavy atom. The maximum absolute atomic E-state index is 12.0. The quantitative estimate of drug-likeness (QED) is 0.709. The van der Waals surface area contributed by atoms with Crippen LogP contribution in [0.4, 0.5) is 0 Å². The summed E-state index contributed by atoms with van der Waals surface area (Å²) in [6.07, 6.45) is 1.40. The first-order chi connectivity index (χ1) is 10.5. The molecule has 110 valence electrons. The molecule has 3 aromatic rings. The number of nitrogens with one attached hydrogen (secondary N) is 1. The molecule has 3 rings (SSSR count). The molecular formula is C18H16N2O2. The van der Waals surface area contributed by atoms with E-state index in [2.05, 4.69) is 9.97 Å². The van der Waals surface area contributed by atoms with E-state index in [0.29, 0.717) is 16.6 Å². The predicted octanol–water partition coefficient (Wildman–Crippen LogP) is 3.60. The molecule has 0 aliphatic carbocycles. The SMILES string of the molecule is Cc1ccc(/C(O)=C/c2nc3ccccc3[nH]c2=O)cc1C. The van der Waals surface area contributed by atoms with Gasteiger partial charge in [-0.25, -0.2) is 4.98 Å². The van der Waals surface area contributed by atoms with Crippen LogP contribution in [0.1, 0.15) is 22.4 Å². The third-order valence-electron chi connectivity index (χ3n) is 3.70. The average Bonchev–Trinajstić information content (AvgIpc) is 2.50. The number of benzene rings is 2. The molecule has 0 unspecified atom stereocenters. The summed E-state index contributed by atoms with van der Waals surface area (Å²) in [5.74, 6) is 0.0244. The molecule has 4 nitrogen and oxygen atoms in total. The van der Waals surface area contributed by atoms with E-state index in [4.69, 9.17) is 0 Å². The van der Waals surface area contributed by atoms with Crippen LogP contribution >= 0.6 is 0 Å². The Hall–Kier alpha value is -2.88. The normalized spacial score (nSPS) is 11.8. The lowest BCUT2D eigenvalue weighted by atomic mass is 10.0. The topological polar surface area (TPSA) is 66.0 Å². The van der Waals surface area contributed by atoms with Crippen LogP contribution in [0.5, 0.6) is 0 Å². The van der Waals surface area contributed by atoms with Crippen molar-refractivity contribution >= 4 is 22.9 Å². The van der Waals surface area contributed by atoms with Gasteiger partial charge in [-0.15, -0.1) is 0 Å². The fourth-order valence-corrected chi connectivity index (χ4v) is 2.26. The third kappa shape index (κ3) is 2.63. The van der Waals surface area contributed by atoms with Gasteiger partial charge < -0.3 is 10.1 Å². The second-order valence-electron chi connectivity index (χ2n) is 5.30. The van der Waals surface area contributed by atoms with Gasteiger partial charge in [-0.05, 0) is 43.2 Å². The number of aliphatic hydroxyl groups is 1. The minimum atomic E-state index is -0.325. The zero-order chi connectivity index (χ0) is 15.7. The summed E-state index contributed by atoms with van der Waals surface area (Å²) in [6.45, 7) is 3.99. The molecule has 1 heterocycles. The first-order valence-electron chi connectivity index (χ1n) is 7.02. The minimum Gasteiger partial charge on any atom is -0.507 e. The van der Waals surface area contributed by atoms with E-state index in [0.717, 1.165) is 11.1 Å². The molecule has 22 heavy (non-hydrogen) atoms. The van der Waals surface area contributed by atoms with E-state index in [1.54, 1.807) is 6.07 Å². The van der Waals surface area contributed by atoms with Gasteiger partial charge in [0.2, 0.25) is 0 Å². The van der Waals surface area contributed by atoms with Gasteiger partial charge in [0.05, 0.1) is 11.0 Å². The van der Waals surface area contributed by atoms with E-state index in [1.807, 2.05) is 50.2 Å². The molecule has 0 spiro atoms. The lowest BCUT2D eigenvalue weighted by molar-refractivity contribution is 0.515. The number of aliphatic hydroxyl groups excluding tert-OH is 1. The van der Waals surface area contributed by atoms with E-state index in [9.17, 15) is 9.90 Å². The van der Waals surface area contributed by atoms with E-state index < -0.39 is 0 Å². The number of fused-ring (bicyclic) bond motifs is 1. The number of hydrogen-bond acceptors (Lipinski definition) is 3. The van der Waals surface area contributed by atoms with Crippen molar-refractivity contribution in [3.05, 3.63) is 75.2 Å². The van der Waals surface area contributed by atoms with Crippen molar-refractivity contribution in [2.45, 2.75) is 13.8 Å². The van der Waals surface area contributed by atoms with Crippen LogP contribution < -0.4 is 5.56 Å². The summed E-state index contributed by atoms with van der Waals surface area (Å²) in [5, 5.41) is 10.3. The first kappa shape index (κ1) is 14.1. The molecule has 0 bridgehead atoms. The number of nitrogens with zero attached hydrogens (tertiary/aromatic N) is 1. The van der Waals surface area contributed by atoms with Gasteiger partial charge in [-0.3, -0.25) is 4.79 Å². The molecule has 2 aromatic carbocycles. The number of hydrogen-bond donors (Lipinski definition) is 2. The zero-order valence-corrected chi connectivity index (χ0v) is 12.4. The van der Waals surface area contributed by atoms with Gasteiger partial charge in [0, 0.05) is 11.6 Å². The largest absolute Gasteiger partial charge is 0.507 e. The highest BCUT2D eigenvalue weighted by Crippen LogP contribution is 2.18. The average molecular weight is 292 g/mol. The van der Waals surface area contributed by atoms with Crippen molar-refractivity contribution in [2.24, 2.45) is 0 Å². The second-order valence-corrected chi connectivity index (χ2v) is 5.30. The molecule has 0 amide bonds. The number of aromatic nitrogens is 2. The number of H-pyrrole nitrogens is 1. The fraction of sp³-hybridized carbons (Fsp3) is 0.111. The Morgan fingerprint density at radius 1 is 1.14 bits per heavy atom. The first-order valence-corrected chi connectivity index (χ1v) is 7.02. The molecule has 1 aromatic heterocycles. The highest BCUT2D eigenvalue weighted by molar-refractivity contribution is 5.79.